The summed E-state index contributed by atoms with van der Waals surface area (Å²) in [6, 6.07) is 8.19. The Hall–Kier alpha value is -2.89. The Bertz CT molecular complexity index is 1070. The van der Waals surface area contributed by atoms with E-state index in [2.05, 4.69) is 22.4 Å². The van der Waals surface area contributed by atoms with Crippen LogP contribution in [0.3, 0.4) is 0 Å². The second kappa shape index (κ2) is 6.62. The topological polar surface area (TPSA) is 78.1 Å². The number of nitrogens with zero attached hydrogens (tertiary/aromatic N) is 2. The van der Waals surface area contributed by atoms with Crippen molar-refractivity contribution in [1.29, 1.82) is 0 Å². The van der Waals surface area contributed by atoms with Crippen LogP contribution in [-0.4, -0.2) is 39.8 Å². The highest BCUT2D eigenvalue weighted by molar-refractivity contribution is 6.09. The monoisotopic (exact) mass is 376 g/mol. The van der Waals surface area contributed by atoms with Gasteiger partial charge in [-0.3, -0.25) is 14.6 Å². The number of nitrogens with one attached hydrogen (secondary N) is 2. The summed E-state index contributed by atoms with van der Waals surface area (Å²) in [6.07, 6.45) is 5.80. The number of aromatic nitrogens is 2. The SMILES string of the molecule is CC(=O)N1CCC(c2cc3c(cn2)[nH]c2ccc(NC(=O)C4CC4)cc23)CC1. The van der Waals surface area contributed by atoms with E-state index in [1.807, 2.05) is 23.2 Å². The molecule has 2 fully saturated rings. The summed E-state index contributed by atoms with van der Waals surface area (Å²) in [5.74, 6) is 0.844. The van der Waals surface area contributed by atoms with Gasteiger partial charge in [-0.05, 0) is 49.9 Å². The molecule has 0 radical (unpaired) electrons. The molecule has 0 unspecified atom stereocenters. The first-order valence-corrected chi connectivity index (χ1v) is 10.1. The Kier molecular flexibility index (Phi) is 4.07. The molecule has 0 spiro atoms. The van der Waals surface area contributed by atoms with Crippen LogP contribution < -0.4 is 5.32 Å². The number of anilines is 1. The predicted octanol–water partition coefficient (Wildman–Crippen LogP) is 3.79. The fourth-order valence-electron chi connectivity index (χ4n) is 4.20. The van der Waals surface area contributed by atoms with Crippen molar-refractivity contribution >= 4 is 39.3 Å². The summed E-state index contributed by atoms with van der Waals surface area (Å²) in [5, 5.41) is 5.28. The van der Waals surface area contributed by atoms with E-state index >= 15 is 0 Å². The van der Waals surface area contributed by atoms with E-state index in [4.69, 9.17) is 4.98 Å². The van der Waals surface area contributed by atoms with E-state index in [1.165, 1.54) is 0 Å². The number of H-pyrrole nitrogens is 1. The lowest BCUT2D eigenvalue weighted by Gasteiger charge is -2.31. The van der Waals surface area contributed by atoms with Gasteiger partial charge in [-0.2, -0.15) is 0 Å². The molecule has 6 nitrogen and oxygen atoms in total. The van der Waals surface area contributed by atoms with Crippen LogP contribution in [0.25, 0.3) is 21.8 Å². The molecular weight excluding hydrogens is 352 g/mol. The maximum absolute atomic E-state index is 12.1. The number of aromatic amines is 1. The first-order chi connectivity index (χ1) is 13.6. The highest BCUT2D eigenvalue weighted by Crippen LogP contribution is 2.34. The van der Waals surface area contributed by atoms with Crippen LogP contribution in [0.4, 0.5) is 5.69 Å². The van der Waals surface area contributed by atoms with Crippen LogP contribution in [0, 0.1) is 5.92 Å². The molecule has 3 heterocycles. The Morgan fingerprint density at radius 2 is 1.82 bits per heavy atom. The summed E-state index contributed by atoms with van der Waals surface area (Å²) in [7, 11) is 0. The largest absolute Gasteiger partial charge is 0.353 e. The zero-order valence-electron chi connectivity index (χ0n) is 16.0. The van der Waals surface area contributed by atoms with Crippen molar-refractivity contribution in [1.82, 2.24) is 14.9 Å². The number of pyridine rings is 1. The third-order valence-electron chi connectivity index (χ3n) is 6.08. The van der Waals surface area contributed by atoms with Gasteiger partial charge in [0.2, 0.25) is 11.8 Å². The van der Waals surface area contributed by atoms with Gasteiger partial charge >= 0.3 is 0 Å². The van der Waals surface area contributed by atoms with Crippen LogP contribution >= 0.6 is 0 Å². The third kappa shape index (κ3) is 3.13. The standard InChI is InChI=1S/C22H24N4O2/c1-13(27)26-8-6-14(7-9-26)20-11-18-17-10-16(24-22(28)15-2-3-15)4-5-19(17)25-21(18)12-23-20/h4-5,10-12,14-15,25H,2-3,6-9H2,1H3,(H,24,28). The number of hydrogen-bond donors (Lipinski definition) is 2. The van der Waals surface area contributed by atoms with Gasteiger partial charge in [0.15, 0.2) is 0 Å². The number of fused-ring (bicyclic) bond motifs is 3. The van der Waals surface area contributed by atoms with E-state index in [9.17, 15) is 9.59 Å². The minimum absolute atomic E-state index is 0.124. The number of carbonyl (C=O) groups excluding carboxylic acids is 2. The lowest BCUT2D eigenvalue weighted by molar-refractivity contribution is -0.129. The van der Waals surface area contributed by atoms with Crippen LogP contribution in [-0.2, 0) is 9.59 Å². The molecular formula is C22H24N4O2. The molecule has 1 saturated carbocycles. The molecule has 1 aromatic carbocycles. The first-order valence-electron chi connectivity index (χ1n) is 10.1. The van der Waals surface area contributed by atoms with Crippen LogP contribution in [0.5, 0.6) is 0 Å². The average Bonchev–Trinajstić information content (AvgIpc) is 3.50. The number of piperidine rings is 1. The van der Waals surface area contributed by atoms with Crippen LogP contribution in [0.2, 0.25) is 0 Å². The van der Waals surface area contributed by atoms with E-state index in [-0.39, 0.29) is 17.7 Å². The Balaban J connectivity index is 1.45. The molecule has 28 heavy (non-hydrogen) atoms. The zero-order valence-corrected chi connectivity index (χ0v) is 16.0. The van der Waals surface area contributed by atoms with Gasteiger partial charge in [0, 0.05) is 59.5 Å². The van der Waals surface area contributed by atoms with Crippen molar-refractivity contribution in [3.63, 3.8) is 0 Å². The predicted molar refractivity (Wildman–Crippen MR) is 109 cm³/mol. The Morgan fingerprint density at radius 1 is 1.07 bits per heavy atom. The van der Waals surface area contributed by atoms with Crippen LogP contribution in [0.1, 0.15) is 44.2 Å². The summed E-state index contributed by atoms with van der Waals surface area (Å²) in [6.45, 7) is 3.23. The average molecular weight is 376 g/mol. The molecule has 2 N–H and O–H groups in total. The van der Waals surface area contributed by atoms with Crippen molar-refractivity contribution in [2.24, 2.45) is 5.92 Å². The molecule has 3 aromatic rings. The number of carbonyl (C=O) groups is 2. The van der Waals surface area contributed by atoms with Crippen LogP contribution in [0.15, 0.2) is 30.5 Å². The van der Waals surface area contributed by atoms with Gasteiger partial charge in [-0.25, -0.2) is 0 Å². The second-order valence-electron chi connectivity index (χ2n) is 8.08. The smallest absolute Gasteiger partial charge is 0.227 e. The Labute approximate surface area is 163 Å². The fourth-order valence-corrected chi connectivity index (χ4v) is 4.20. The molecule has 144 valence electrons. The van der Waals surface area contributed by atoms with E-state index < -0.39 is 0 Å². The quantitative estimate of drug-likeness (QED) is 0.730. The zero-order chi connectivity index (χ0) is 19.3. The highest BCUT2D eigenvalue weighted by atomic mass is 16.2. The number of amides is 2. The van der Waals surface area contributed by atoms with Crippen molar-refractivity contribution in [3.8, 4) is 0 Å². The first kappa shape index (κ1) is 17.2. The molecule has 5 rings (SSSR count). The lowest BCUT2D eigenvalue weighted by atomic mass is 9.92. The van der Waals surface area contributed by atoms with E-state index in [0.29, 0.717) is 5.92 Å². The van der Waals surface area contributed by atoms with Gasteiger partial charge in [0.25, 0.3) is 0 Å². The third-order valence-corrected chi connectivity index (χ3v) is 6.08. The Morgan fingerprint density at radius 3 is 2.54 bits per heavy atom. The molecule has 1 saturated heterocycles. The van der Waals surface area contributed by atoms with Gasteiger partial charge in [-0.15, -0.1) is 0 Å². The van der Waals surface area contributed by atoms with Gasteiger partial charge in [-0.1, -0.05) is 0 Å². The molecule has 2 aliphatic rings. The summed E-state index contributed by atoms with van der Waals surface area (Å²) >= 11 is 0. The summed E-state index contributed by atoms with van der Waals surface area (Å²) < 4.78 is 0. The maximum atomic E-state index is 12.1. The summed E-state index contributed by atoms with van der Waals surface area (Å²) in [4.78, 5) is 33.7. The van der Waals surface area contributed by atoms with E-state index in [0.717, 1.165) is 72.0 Å². The molecule has 0 atom stereocenters. The van der Waals surface area contributed by atoms with Crippen molar-refractivity contribution in [2.45, 2.75) is 38.5 Å². The number of hydrogen-bond acceptors (Lipinski definition) is 3. The molecule has 0 bridgehead atoms. The van der Waals surface area contributed by atoms with Crippen molar-refractivity contribution in [3.05, 3.63) is 36.2 Å². The van der Waals surface area contributed by atoms with Gasteiger partial charge in [0.05, 0.1) is 11.7 Å². The van der Waals surface area contributed by atoms with E-state index in [1.54, 1.807) is 6.92 Å². The van der Waals surface area contributed by atoms with Gasteiger partial charge in [0.1, 0.15) is 0 Å². The molecule has 2 amide bonds. The molecule has 2 aromatic heterocycles. The molecule has 6 heteroatoms. The number of benzene rings is 1. The number of likely N-dealkylation sites (tertiary alicyclic amines) is 1. The maximum Gasteiger partial charge on any atom is 0.227 e. The van der Waals surface area contributed by atoms with Crippen molar-refractivity contribution < 1.29 is 9.59 Å². The molecule has 1 aliphatic carbocycles. The lowest BCUT2D eigenvalue weighted by Crippen LogP contribution is -2.36. The minimum Gasteiger partial charge on any atom is -0.353 e. The van der Waals surface area contributed by atoms with Crippen molar-refractivity contribution in [2.75, 3.05) is 18.4 Å². The fraction of sp³-hybridized carbons (Fsp3) is 0.409. The normalized spacial score (nSPS) is 18.0. The highest BCUT2D eigenvalue weighted by Gasteiger charge is 2.29. The summed E-state index contributed by atoms with van der Waals surface area (Å²) in [5.41, 5.74) is 3.98. The second-order valence-corrected chi connectivity index (χ2v) is 8.08. The molecule has 1 aliphatic heterocycles. The number of rotatable bonds is 3. The van der Waals surface area contributed by atoms with Gasteiger partial charge < -0.3 is 15.2 Å². The minimum atomic E-state index is 0.124.